The third-order valence-corrected chi connectivity index (χ3v) is 6.15. The van der Waals surface area contributed by atoms with Crippen LogP contribution in [-0.4, -0.2) is 90.6 Å². The largest absolute Gasteiger partial charge is 0.508 e. The molecule has 2 aromatic rings. The zero-order chi connectivity index (χ0) is 27.8. The van der Waals surface area contributed by atoms with Gasteiger partial charge >= 0.3 is 11.9 Å². The summed E-state index contributed by atoms with van der Waals surface area (Å²) in [6.45, 7) is 0.187. The number of H-pyrrole nitrogens is 1. The lowest BCUT2D eigenvalue weighted by atomic mass is 10.0. The van der Waals surface area contributed by atoms with E-state index in [0.717, 1.165) is 0 Å². The van der Waals surface area contributed by atoms with Crippen molar-refractivity contribution in [2.75, 3.05) is 6.54 Å². The maximum atomic E-state index is 13.3. The molecule has 1 aromatic carbocycles. The van der Waals surface area contributed by atoms with Crippen LogP contribution in [0.3, 0.4) is 0 Å². The van der Waals surface area contributed by atoms with E-state index in [0.29, 0.717) is 17.7 Å². The van der Waals surface area contributed by atoms with Crippen molar-refractivity contribution in [2.45, 2.75) is 56.3 Å². The van der Waals surface area contributed by atoms with Crippen LogP contribution in [0.5, 0.6) is 5.75 Å². The Bertz CT molecular complexity index is 1150. The van der Waals surface area contributed by atoms with Gasteiger partial charge in [-0.1, -0.05) is 12.1 Å². The number of hydrogen-bond donors (Lipinski definition) is 7. The Labute approximate surface area is 217 Å². The van der Waals surface area contributed by atoms with Crippen molar-refractivity contribution in [3.05, 3.63) is 48.0 Å². The molecule has 4 atom stereocenters. The van der Waals surface area contributed by atoms with Crippen molar-refractivity contribution < 1.29 is 39.3 Å². The first kappa shape index (κ1) is 28.1. The van der Waals surface area contributed by atoms with Crippen LogP contribution in [0.2, 0.25) is 0 Å². The number of likely N-dealkylation sites (tertiary alicyclic amines) is 1. The van der Waals surface area contributed by atoms with Gasteiger partial charge in [-0.3, -0.25) is 19.2 Å². The van der Waals surface area contributed by atoms with Gasteiger partial charge in [0.2, 0.25) is 17.7 Å². The maximum Gasteiger partial charge on any atom is 0.326 e. The van der Waals surface area contributed by atoms with Crippen molar-refractivity contribution >= 4 is 29.7 Å². The second-order valence-electron chi connectivity index (χ2n) is 9.01. The Morgan fingerprint density at radius 2 is 1.74 bits per heavy atom. The smallest absolute Gasteiger partial charge is 0.326 e. The van der Waals surface area contributed by atoms with E-state index in [4.69, 9.17) is 5.73 Å². The van der Waals surface area contributed by atoms with E-state index < -0.39 is 60.2 Å². The van der Waals surface area contributed by atoms with Gasteiger partial charge in [-0.05, 0) is 37.0 Å². The van der Waals surface area contributed by atoms with Crippen LogP contribution in [0, 0.1) is 0 Å². The van der Waals surface area contributed by atoms with Crippen LogP contribution in [0.15, 0.2) is 36.8 Å². The number of carboxylic acids is 2. The van der Waals surface area contributed by atoms with Gasteiger partial charge in [0.05, 0.1) is 18.8 Å². The minimum Gasteiger partial charge on any atom is -0.508 e. The third kappa shape index (κ3) is 7.52. The number of imidazole rings is 1. The summed E-state index contributed by atoms with van der Waals surface area (Å²) in [4.78, 5) is 70.0. The van der Waals surface area contributed by atoms with Crippen LogP contribution < -0.4 is 16.4 Å². The molecule has 8 N–H and O–H groups in total. The molecule has 0 radical (unpaired) electrons. The summed E-state index contributed by atoms with van der Waals surface area (Å²) in [5.74, 6) is -4.89. The predicted octanol–water partition coefficient (Wildman–Crippen LogP) is -1.25. The number of nitrogens with two attached hydrogens (primary N) is 1. The molecule has 3 amide bonds. The van der Waals surface area contributed by atoms with E-state index in [1.54, 1.807) is 12.1 Å². The molecule has 204 valence electrons. The molecule has 38 heavy (non-hydrogen) atoms. The van der Waals surface area contributed by atoms with Crippen molar-refractivity contribution in [1.82, 2.24) is 25.5 Å². The Morgan fingerprint density at radius 1 is 1.05 bits per heavy atom. The third-order valence-electron chi connectivity index (χ3n) is 6.15. The topological polar surface area (TPSA) is 228 Å². The molecule has 1 aliphatic rings. The van der Waals surface area contributed by atoms with Crippen LogP contribution in [0.4, 0.5) is 0 Å². The average Bonchev–Trinajstić information content (AvgIpc) is 3.56. The molecule has 3 rings (SSSR count). The number of aromatic hydroxyl groups is 1. The summed E-state index contributed by atoms with van der Waals surface area (Å²) in [7, 11) is 0. The zero-order valence-electron chi connectivity index (χ0n) is 20.4. The fourth-order valence-corrected chi connectivity index (χ4v) is 4.22. The number of rotatable bonds is 12. The molecule has 1 aromatic heterocycles. The molecule has 0 bridgehead atoms. The molecule has 0 aliphatic carbocycles. The van der Waals surface area contributed by atoms with E-state index in [1.807, 2.05) is 0 Å². The number of phenolic OH excluding ortho intramolecular Hbond substituents is 1. The Balaban J connectivity index is 1.74. The van der Waals surface area contributed by atoms with Crippen LogP contribution in [-0.2, 0) is 36.8 Å². The Hall–Kier alpha value is -4.46. The van der Waals surface area contributed by atoms with Gasteiger partial charge in [0.1, 0.15) is 23.9 Å². The summed E-state index contributed by atoms with van der Waals surface area (Å²) in [6, 6.07) is 0.998. The van der Waals surface area contributed by atoms with Crippen molar-refractivity contribution in [2.24, 2.45) is 5.73 Å². The number of carboxylic acid groups (broad SMARTS) is 2. The number of amides is 3. The quantitative estimate of drug-likeness (QED) is 0.172. The molecule has 2 heterocycles. The summed E-state index contributed by atoms with van der Waals surface area (Å²) in [6.07, 6.45) is 2.76. The normalized spacial score (nSPS) is 17.3. The van der Waals surface area contributed by atoms with E-state index in [9.17, 15) is 39.3 Å². The van der Waals surface area contributed by atoms with E-state index in [2.05, 4.69) is 20.6 Å². The average molecular weight is 531 g/mol. The first-order valence-corrected chi connectivity index (χ1v) is 11.9. The van der Waals surface area contributed by atoms with Crippen molar-refractivity contribution in [1.29, 1.82) is 0 Å². The number of nitrogens with one attached hydrogen (secondary N) is 3. The molecule has 14 heteroatoms. The molecule has 0 spiro atoms. The summed E-state index contributed by atoms with van der Waals surface area (Å²) in [5, 5.41) is 33.0. The lowest BCUT2D eigenvalue weighted by Gasteiger charge is -2.28. The summed E-state index contributed by atoms with van der Waals surface area (Å²) in [5.41, 5.74) is 7.06. The van der Waals surface area contributed by atoms with Crippen LogP contribution >= 0.6 is 0 Å². The van der Waals surface area contributed by atoms with Gasteiger partial charge in [-0.25, -0.2) is 9.78 Å². The second kappa shape index (κ2) is 12.7. The maximum absolute atomic E-state index is 13.3. The lowest BCUT2D eigenvalue weighted by molar-refractivity contribution is -0.149. The molecule has 1 saturated heterocycles. The number of hydrogen-bond acceptors (Lipinski definition) is 8. The second-order valence-corrected chi connectivity index (χ2v) is 9.01. The van der Waals surface area contributed by atoms with Gasteiger partial charge in [0, 0.05) is 24.9 Å². The number of benzene rings is 1. The predicted molar refractivity (Wildman–Crippen MR) is 131 cm³/mol. The molecule has 1 aliphatic heterocycles. The SMILES string of the molecule is NC(Cc1ccc(O)cc1)C(=O)NC(CC(=O)O)C(=O)NC(Cc1cnc[nH]1)C(=O)N1CCCC1C(=O)O. The van der Waals surface area contributed by atoms with Gasteiger partial charge < -0.3 is 41.6 Å². The summed E-state index contributed by atoms with van der Waals surface area (Å²) < 4.78 is 0. The number of aliphatic carboxylic acids is 2. The number of carbonyl (C=O) groups is 5. The molecular formula is C24H30N6O8. The first-order valence-electron chi connectivity index (χ1n) is 11.9. The number of aromatic amines is 1. The molecule has 1 fully saturated rings. The zero-order valence-corrected chi connectivity index (χ0v) is 20.4. The molecule has 0 saturated carbocycles. The fourth-order valence-electron chi connectivity index (χ4n) is 4.22. The molecule has 4 unspecified atom stereocenters. The van der Waals surface area contributed by atoms with E-state index >= 15 is 0 Å². The summed E-state index contributed by atoms with van der Waals surface area (Å²) >= 11 is 0. The van der Waals surface area contributed by atoms with E-state index in [-0.39, 0.29) is 31.6 Å². The Kier molecular flexibility index (Phi) is 9.38. The van der Waals surface area contributed by atoms with Gasteiger partial charge in [-0.2, -0.15) is 0 Å². The minimum absolute atomic E-state index is 0.0350. The molecule has 14 nitrogen and oxygen atoms in total. The highest BCUT2D eigenvalue weighted by molar-refractivity contribution is 5.96. The van der Waals surface area contributed by atoms with Crippen LogP contribution in [0.25, 0.3) is 0 Å². The Morgan fingerprint density at radius 3 is 2.34 bits per heavy atom. The standard InChI is InChI=1S/C24H30N6O8/c25-16(8-13-3-5-15(31)6-4-13)21(34)28-17(10-20(32)33)22(35)29-18(9-14-11-26-12-27-14)23(36)30-7-1-2-19(30)24(37)38/h3-6,11-12,16-19,31H,1-2,7-10,25H2,(H,26,27)(H,28,34)(H,29,35)(H,32,33)(H,37,38). The fraction of sp³-hybridized carbons (Fsp3) is 0.417. The van der Waals surface area contributed by atoms with Gasteiger partial charge in [0.25, 0.3) is 0 Å². The molecular weight excluding hydrogens is 500 g/mol. The number of phenols is 1. The highest BCUT2D eigenvalue weighted by Gasteiger charge is 2.39. The highest BCUT2D eigenvalue weighted by atomic mass is 16.4. The van der Waals surface area contributed by atoms with Gasteiger partial charge in [0.15, 0.2) is 0 Å². The number of aromatic nitrogens is 2. The van der Waals surface area contributed by atoms with Crippen molar-refractivity contribution in [3.63, 3.8) is 0 Å². The van der Waals surface area contributed by atoms with Crippen LogP contribution in [0.1, 0.15) is 30.5 Å². The van der Waals surface area contributed by atoms with E-state index in [1.165, 1.54) is 29.6 Å². The minimum atomic E-state index is -1.56. The monoisotopic (exact) mass is 530 g/mol. The van der Waals surface area contributed by atoms with Crippen molar-refractivity contribution in [3.8, 4) is 5.75 Å². The highest BCUT2D eigenvalue weighted by Crippen LogP contribution is 2.19. The lowest BCUT2D eigenvalue weighted by Crippen LogP contribution is -2.58. The number of nitrogens with zero attached hydrogens (tertiary/aromatic N) is 2. The number of carbonyl (C=O) groups excluding carboxylic acids is 3. The first-order chi connectivity index (χ1) is 18.0. The van der Waals surface area contributed by atoms with Gasteiger partial charge in [-0.15, -0.1) is 0 Å².